The molecule has 0 saturated heterocycles. The second-order valence-corrected chi connectivity index (χ2v) is 7.31. The number of hydrogen-bond acceptors (Lipinski definition) is 0. The molecule has 0 saturated carbocycles. The first-order chi connectivity index (χ1) is 6.18. The lowest BCUT2D eigenvalue weighted by Gasteiger charge is -2.18. The van der Waals surface area contributed by atoms with Gasteiger partial charge in [-0.15, -0.1) is 13.2 Å². The fourth-order valence-corrected chi connectivity index (χ4v) is 4.03. The van der Waals surface area contributed by atoms with Crippen LogP contribution in [0.4, 0.5) is 0 Å². The van der Waals surface area contributed by atoms with Gasteiger partial charge in [-0.1, -0.05) is 38.3 Å². The maximum atomic E-state index is 12.2. The first kappa shape index (κ1) is 12.7. The van der Waals surface area contributed by atoms with E-state index in [1.54, 1.807) is 12.2 Å². The highest BCUT2D eigenvalue weighted by Crippen LogP contribution is 2.22. The molecule has 0 aliphatic rings. The van der Waals surface area contributed by atoms with Crippen LogP contribution in [0.1, 0.15) is 26.2 Å². The van der Waals surface area contributed by atoms with E-state index in [0.29, 0.717) is 12.1 Å². The summed E-state index contributed by atoms with van der Waals surface area (Å²) in [5.74, 6) is 0. The Morgan fingerprint density at radius 2 is 1.69 bits per heavy atom. The van der Waals surface area contributed by atoms with Crippen LogP contribution in [0.25, 0.3) is 0 Å². The van der Waals surface area contributed by atoms with Crippen LogP contribution in [0.3, 0.4) is 0 Å². The summed E-state index contributed by atoms with van der Waals surface area (Å²) >= 11 is 0. The topological polar surface area (TPSA) is 19.9 Å². The van der Waals surface area contributed by atoms with Crippen molar-refractivity contribution in [3.63, 3.8) is 0 Å². The zero-order valence-corrected chi connectivity index (χ0v) is 9.72. The molecule has 75 valence electrons. The maximum Gasteiger partial charge on any atom is 0.244 e. The average Bonchev–Trinajstić information content (AvgIpc) is 2.05. The molecule has 1 nitrogen and oxygen atoms in total. The molecule has 0 bridgehead atoms. The van der Waals surface area contributed by atoms with Crippen LogP contribution >= 0.6 is 0 Å². The number of unbranched alkanes of at least 4 members (excludes halogenated alkanes) is 2. The lowest BCUT2D eigenvalue weighted by Crippen LogP contribution is -2.30. The first-order valence-corrected chi connectivity index (χ1v) is 7.63. The molecule has 0 spiro atoms. The van der Waals surface area contributed by atoms with Gasteiger partial charge in [0, 0.05) is 0 Å². The molecule has 0 aliphatic heterocycles. The largest absolute Gasteiger partial charge is 0.297 e. The molecule has 0 aliphatic carbocycles. The van der Waals surface area contributed by atoms with Crippen LogP contribution in [0.5, 0.6) is 0 Å². The summed E-state index contributed by atoms with van der Waals surface area (Å²) in [6.07, 6.45) is 7.04. The van der Waals surface area contributed by atoms with Crippen molar-refractivity contribution in [2.24, 2.45) is 0 Å². The van der Waals surface area contributed by atoms with E-state index in [1.807, 2.05) is 0 Å². The average molecular weight is 197 g/mol. The lowest BCUT2D eigenvalue weighted by atomic mass is 10.3. The van der Waals surface area contributed by atoms with Crippen LogP contribution in [0.2, 0.25) is 18.1 Å². The van der Waals surface area contributed by atoms with Gasteiger partial charge in [0.05, 0.1) is 0 Å². The molecule has 0 amide bonds. The third-order valence-electron chi connectivity index (χ3n) is 2.27. The van der Waals surface area contributed by atoms with Crippen molar-refractivity contribution >= 4 is 8.32 Å². The molecule has 0 fully saturated rings. The molecule has 0 aromatic rings. The van der Waals surface area contributed by atoms with Crippen molar-refractivity contribution in [3.05, 3.63) is 25.3 Å². The molecule has 0 unspecified atom stereocenters. The normalized spacial score (nSPS) is 11.2. The molecular weight excluding hydrogens is 176 g/mol. The second-order valence-electron chi connectivity index (χ2n) is 3.63. The Bertz CT molecular complexity index is 144. The Morgan fingerprint density at radius 1 is 1.15 bits per heavy atom. The van der Waals surface area contributed by atoms with E-state index >= 15 is 0 Å². The van der Waals surface area contributed by atoms with Crippen LogP contribution < -0.4 is 0 Å². The summed E-state index contributed by atoms with van der Waals surface area (Å²) in [5, 5.41) is 0. The quantitative estimate of drug-likeness (QED) is 0.319. The molecule has 0 rings (SSSR count). The van der Waals surface area contributed by atoms with Gasteiger partial charge in [0.2, 0.25) is 8.32 Å². The standard InChI is InChI=1S/C11H21OSi/c1-4-7-8-11-13(12,9-5-2)10-6-3/h5-6H,2-4,7-11H2,1H3. The van der Waals surface area contributed by atoms with E-state index in [2.05, 4.69) is 20.1 Å². The minimum atomic E-state index is -2.27. The van der Waals surface area contributed by atoms with E-state index < -0.39 is 8.32 Å². The van der Waals surface area contributed by atoms with E-state index in [-0.39, 0.29) is 0 Å². The van der Waals surface area contributed by atoms with Crippen LogP contribution in [-0.4, -0.2) is 8.32 Å². The van der Waals surface area contributed by atoms with Crippen LogP contribution in [-0.2, 0) is 4.80 Å². The molecule has 0 N–H and O–H groups in total. The van der Waals surface area contributed by atoms with Crippen LogP contribution in [0, 0.1) is 0 Å². The van der Waals surface area contributed by atoms with Gasteiger partial charge in [0.15, 0.2) is 0 Å². The SMILES string of the molecule is C=CC[Si]([O])(CC=C)CCCCC. The monoisotopic (exact) mass is 197 g/mol. The fourth-order valence-electron chi connectivity index (χ4n) is 1.51. The third kappa shape index (κ3) is 5.83. The van der Waals surface area contributed by atoms with Crippen LogP contribution in [0.15, 0.2) is 25.3 Å². The molecule has 0 aromatic heterocycles. The number of rotatable bonds is 8. The highest BCUT2D eigenvalue weighted by atomic mass is 28.4. The Morgan fingerprint density at radius 3 is 2.08 bits per heavy atom. The van der Waals surface area contributed by atoms with E-state index in [4.69, 9.17) is 0 Å². The summed E-state index contributed by atoms with van der Waals surface area (Å²) in [4.78, 5) is 12.2. The molecular formula is C11H21OSi. The summed E-state index contributed by atoms with van der Waals surface area (Å²) in [6, 6.07) is 2.28. The zero-order valence-electron chi connectivity index (χ0n) is 8.72. The van der Waals surface area contributed by atoms with Gasteiger partial charge in [-0.2, -0.15) is 0 Å². The van der Waals surface area contributed by atoms with Gasteiger partial charge in [0.25, 0.3) is 0 Å². The van der Waals surface area contributed by atoms with Gasteiger partial charge >= 0.3 is 0 Å². The number of hydrogen-bond donors (Lipinski definition) is 0. The van der Waals surface area contributed by atoms with E-state index in [1.165, 1.54) is 12.8 Å². The Hall–Kier alpha value is -0.343. The lowest BCUT2D eigenvalue weighted by molar-refractivity contribution is 0.415. The van der Waals surface area contributed by atoms with Crippen molar-refractivity contribution in [1.82, 2.24) is 0 Å². The first-order valence-electron chi connectivity index (χ1n) is 5.10. The summed E-state index contributed by atoms with van der Waals surface area (Å²) < 4.78 is 0. The van der Waals surface area contributed by atoms with Gasteiger partial charge in [-0.3, -0.25) is 4.80 Å². The van der Waals surface area contributed by atoms with Gasteiger partial charge in [0.1, 0.15) is 0 Å². The van der Waals surface area contributed by atoms with Crippen molar-refractivity contribution in [1.29, 1.82) is 0 Å². The van der Waals surface area contributed by atoms with Gasteiger partial charge < -0.3 is 0 Å². The smallest absolute Gasteiger partial charge is 0.244 e. The maximum absolute atomic E-state index is 12.2. The molecule has 1 radical (unpaired) electrons. The second kappa shape index (κ2) is 7.10. The van der Waals surface area contributed by atoms with Crippen molar-refractivity contribution < 1.29 is 4.80 Å². The molecule has 13 heavy (non-hydrogen) atoms. The highest BCUT2D eigenvalue weighted by Gasteiger charge is 2.29. The highest BCUT2D eigenvalue weighted by molar-refractivity contribution is 6.73. The predicted molar refractivity (Wildman–Crippen MR) is 60.8 cm³/mol. The third-order valence-corrected chi connectivity index (χ3v) is 5.60. The fraction of sp³-hybridized carbons (Fsp3) is 0.636. The van der Waals surface area contributed by atoms with Gasteiger partial charge in [-0.05, 0) is 18.1 Å². The molecule has 0 heterocycles. The Labute approximate surface area is 83.3 Å². The molecule has 0 atom stereocenters. The summed E-state index contributed by atoms with van der Waals surface area (Å²) in [6.45, 7) is 9.47. The summed E-state index contributed by atoms with van der Waals surface area (Å²) in [5.41, 5.74) is 0. The summed E-state index contributed by atoms with van der Waals surface area (Å²) in [7, 11) is -2.27. The van der Waals surface area contributed by atoms with E-state index in [9.17, 15) is 4.80 Å². The Kier molecular flexibility index (Phi) is 6.91. The molecule has 0 aromatic carbocycles. The van der Waals surface area contributed by atoms with Crippen molar-refractivity contribution in [2.75, 3.05) is 0 Å². The molecule has 2 heteroatoms. The minimum absolute atomic E-state index is 0.697. The Balaban J connectivity index is 3.90. The van der Waals surface area contributed by atoms with Gasteiger partial charge in [-0.25, -0.2) is 0 Å². The zero-order chi connectivity index (χ0) is 10.2. The van der Waals surface area contributed by atoms with Crippen molar-refractivity contribution in [2.45, 2.75) is 44.3 Å². The minimum Gasteiger partial charge on any atom is -0.297 e. The number of allylic oxidation sites excluding steroid dienone is 2. The van der Waals surface area contributed by atoms with E-state index in [0.717, 1.165) is 12.5 Å². The van der Waals surface area contributed by atoms with Crippen molar-refractivity contribution in [3.8, 4) is 0 Å². The predicted octanol–water partition coefficient (Wildman–Crippen LogP) is 3.92.